The molecule has 6 aromatic carbocycles. The smallest absolute Gasteiger partial charge is 0.201 e. The van der Waals surface area contributed by atoms with Crippen LogP contribution in [-0.4, -0.2) is 24.9 Å². The van der Waals surface area contributed by atoms with Crippen molar-refractivity contribution in [1.82, 2.24) is 24.9 Å². The molecule has 0 spiro atoms. The Labute approximate surface area is 298 Å². The largest absolute Gasteiger partial charge is 0.308 e. The monoisotopic (exact) mass is 660 g/mol. The molecular weight excluding hydrogens is 625 g/mol. The third-order valence-corrected chi connectivity index (χ3v) is 8.26. The third-order valence-electron chi connectivity index (χ3n) is 8.26. The third kappa shape index (κ3) is 7.46. The maximum Gasteiger partial charge on any atom is 0.201 e. The van der Waals surface area contributed by atoms with E-state index < -0.39 is 0 Å². The van der Waals surface area contributed by atoms with Crippen LogP contribution in [0, 0.1) is 0 Å². The lowest BCUT2D eigenvalue weighted by Gasteiger charge is -2.25. The van der Waals surface area contributed by atoms with Crippen LogP contribution < -0.4 is 4.90 Å². The second kappa shape index (κ2) is 15.6. The second-order valence-corrected chi connectivity index (χ2v) is 11.5. The molecule has 6 nitrogen and oxygen atoms in total. The van der Waals surface area contributed by atoms with Crippen molar-refractivity contribution >= 4 is 17.1 Å². The first-order chi connectivity index (χ1) is 25.3. The predicted octanol–water partition coefficient (Wildman–Crippen LogP) is 11.5. The number of aromatic nitrogens is 5. The van der Waals surface area contributed by atoms with Gasteiger partial charge in [-0.15, -0.1) is 0 Å². The lowest BCUT2D eigenvalue weighted by atomic mass is 10.0. The molecule has 246 valence electrons. The van der Waals surface area contributed by atoms with E-state index in [-0.39, 0.29) is 0 Å². The molecule has 8 aromatic rings. The Bertz CT molecular complexity index is 2140. The topological polar surface area (TPSA) is 67.7 Å². The van der Waals surface area contributed by atoms with E-state index in [0.717, 1.165) is 39.3 Å². The van der Waals surface area contributed by atoms with Crippen LogP contribution in [0.3, 0.4) is 0 Å². The Kier molecular flexibility index (Phi) is 10.0. The molecule has 6 heteroatoms. The number of hydrogen-bond acceptors (Lipinski definition) is 6. The summed E-state index contributed by atoms with van der Waals surface area (Å²) in [6.07, 6.45) is 3.65. The molecule has 0 aliphatic heterocycles. The molecular formula is C45H36N6. The van der Waals surface area contributed by atoms with E-state index in [2.05, 4.69) is 102 Å². The quantitative estimate of drug-likeness (QED) is 0.162. The van der Waals surface area contributed by atoms with Crippen molar-refractivity contribution in [3.63, 3.8) is 0 Å². The van der Waals surface area contributed by atoms with E-state index >= 15 is 0 Å². The van der Waals surface area contributed by atoms with Crippen molar-refractivity contribution in [2.75, 3.05) is 4.90 Å². The fourth-order valence-corrected chi connectivity index (χ4v) is 5.78. The summed E-state index contributed by atoms with van der Waals surface area (Å²) in [5.74, 6) is 1.95. The molecule has 0 aliphatic carbocycles. The predicted molar refractivity (Wildman–Crippen MR) is 209 cm³/mol. The van der Waals surface area contributed by atoms with Gasteiger partial charge in [-0.2, -0.15) is 0 Å². The van der Waals surface area contributed by atoms with Crippen LogP contribution in [0.5, 0.6) is 0 Å². The van der Waals surface area contributed by atoms with Crippen LogP contribution in [-0.2, 0) is 0 Å². The van der Waals surface area contributed by atoms with Gasteiger partial charge in [-0.1, -0.05) is 159 Å². The van der Waals surface area contributed by atoms with Gasteiger partial charge in [-0.25, -0.2) is 24.9 Å². The highest BCUT2D eigenvalue weighted by molar-refractivity contribution is 5.79. The molecule has 0 saturated carbocycles. The SMILES string of the molecule is CC.c1ccc(-c2ccc(N(c3ccc(-c4ccccc4)cc3)c3cnc(-c4nc(-c5ccccc5)nc(-c5ccccc5)n4)nc3)cc2)cc1. The Hall–Kier alpha value is -6.79. The van der Waals surface area contributed by atoms with E-state index in [1.165, 1.54) is 11.1 Å². The summed E-state index contributed by atoms with van der Waals surface area (Å²) in [6, 6.07) is 57.7. The maximum absolute atomic E-state index is 4.82. The summed E-state index contributed by atoms with van der Waals surface area (Å²) < 4.78 is 0. The maximum atomic E-state index is 4.82. The highest BCUT2D eigenvalue weighted by atomic mass is 15.2. The number of hydrogen-bond donors (Lipinski definition) is 0. The van der Waals surface area contributed by atoms with Crippen molar-refractivity contribution in [3.05, 3.63) is 182 Å². The molecule has 0 atom stereocenters. The molecule has 0 fully saturated rings. The fourth-order valence-electron chi connectivity index (χ4n) is 5.78. The van der Waals surface area contributed by atoms with Crippen molar-refractivity contribution < 1.29 is 0 Å². The first-order valence-electron chi connectivity index (χ1n) is 17.1. The van der Waals surface area contributed by atoms with Gasteiger partial charge in [0.2, 0.25) is 5.82 Å². The Morgan fingerprint density at radius 3 is 0.980 bits per heavy atom. The molecule has 8 rings (SSSR count). The minimum absolute atomic E-state index is 0.408. The van der Waals surface area contributed by atoms with Gasteiger partial charge < -0.3 is 4.90 Å². The number of anilines is 3. The summed E-state index contributed by atoms with van der Waals surface area (Å²) in [5.41, 5.74) is 9.20. The highest BCUT2D eigenvalue weighted by Crippen LogP contribution is 2.36. The molecule has 0 N–H and O–H groups in total. The lowest BCUT2D eigenvalue weighted by Crippen LogP contribution is -2.11. The Morgan fingerprint density at radius 2 is 0.608 bits per heavy atom. The Morgan fingerprint density at radius 1 is 0.294 bits per heavy atom. The average molecular weight is 661 g/mol. The van der Waals surface area contributed by atoms with Gasteiger partial charge in [0.05, 0.1) is 18.1 Å². The van der Waals surface area contributed by atoms with Crippen molar-refractivity contribution in [2.24, 2.45) is 0 Å². The standard InChI is InChI=1S/C43H30N6.C2H6/c1-5-13-31(14-6-1)33-21-25-37(26-22-33)49(38-27-23-34(24-28-38)32-15-7-2-8-16-32)39-29-44-42(45-30-39)43-47-40(35-17-9-3-10-18-35)46-41(48-43)36-19-11-4-12-20-36;1-2/h1-30H;1-2H3. The molecule has 2 aromatic heterocycles. The molecule has 0 radical (unpaired) electrons. The summed E-state index contributed by atoms with van der Waals surface area (Å²) in [4.78, 5) is 26.2. The van der Waals surface area contributed by atoms with E-state index in [1.807, 2.05) is 99.0 Å². The first-order valence-corrected chi connectivity index (χ1v) is 17.1. The molecule has 0 saturated heterocycles. The van der Waals surface area contributed by atoms with E-state index in [1.54, 1.807) is 0 Å². The van der Waals surface area contributed by atoms with E-state index in [0.29, 0.717) is 23.3 Å². The fraction of sp³-hybridized carbons (Fsp3) is 0.0444. The van der Waals surface area contributed by atoms with Gasteiger partial charge in [0.15, 0.2) is 17.5 Å². The summed E-state index contributed by atoms with van der Waals surface area (Å²) in [6.45, 7) is 4.00. The molecule has 0 bridgehead atoms. The van der Waals surface area contributed by atoms with Crippen molar-refractivity contribution in [3.8, 4) is 56.7 Å². The van der Waals surface area contributed by atoms with Crippen molar-refractivity contribution in [2.45, 2.75) is 13.8 Å². The van der Waals surface area contributed by atoms with Gasteiger partial charge in [0, 0.05) is 22.5 Å². The first kappa shape index (κ1) is 32.7. The molecule has 0 amide bonds. The average Bonchev–Trinajstić information content (AvgIpc) is 3.23. The van der Waals surface area contributed by atoms with Crippen LogP contribution in [0.15, 0.2) is 182 Å². The summed E-state index contributed by atoms with van der Waals surface area (Å²) in [7, 11) is 0. The van der Waals surface area contributed by atoms with Crippen LogP contribution >= 0.6 is 0 Å². The summed E-state index contributed by atoms with van der Waals surface area (Å²) >= 11 is 0. The minimum Gasteiger partial charge on any atom is -0.308 e. The number of nitrogens with zero attached hydrogens (tertiary/aromatic N) is 6. The Balaban J connectivity index is 0.00000200. The minimum atomic E-state index is 0.408. The lowest BCUT2D eigenvalue weighted by molar-refractivity contribution is 1.03. The second-order valence-electron chi connectivity index (χ2n) is 11.5. The van der Waals surface area contributed by atoms with Crippen LogP contribution in [0.25, 0.3) is 56.7 Å². The van der Waals surface area contributed by atoms with E-state index in [9.17, 15) is 0 Å². The zero-order valence-corrected chi connectivity index (χ0v) is 28.5. The zero-order chi connectivity index (χ0) is 34.8. The van der Waals surface area contributed by atoms with Crippen LogP contribution in [0.1, 0.15) is 13.8 Å². The molecule has 0 aliphatic rings. The highest BCUT2D eigenvalue weighted by Gasteiger charge is 2.17. The van der Waals surface area contributed by atoms with Gasteiger partial charge in [-0.3, -0.25) is 0 Å². The zero-order valence-electron chi connectivity index (χ0n) is 28.5. The van der Waals surface area contributed by atoms with Gasteiger partial charge in [0.1, 0.15) is 0 Å². The van der Waals surface area contributed by atoms with Gasteiger partial charge in [0.25, 0.3) is 0 Å². The van der Waals surface area contributed by atoms with Gasteiger partial charge >= 0.3 is 0 Å². The van der Waals surface area contributed by atoms with Crippen LogP contribution in [0.4, 0.5) is 17.1 Å². The molecule has 0 unspecified atom stereocenters. The van der Waals surface area contributed by atoms with E-state index in [4.69, 9.17) is 24.9 Å². The van der Waals surface area contributed by atoms with Gasteiger partial charge in [-0.05, 0) is 46.5 Å². The summed E-state index contributed by atoms with van der Waals surface area (Å²) in [5, 5.41) is 0. The number of benzene rings is 6. The number of rotatable bonds is 8. The van der Waals surface area contributed by atoms with Crippen LogP contribution in [0.2, 0.25) is 0 Å². The normalized spacial score (nSPS) is 10.5. The molecule has 51 heavy (non-hydrogen) atoms. The molecule has 2 heterocycles. The van der Waals surface area contributed by atoms with Crippen molar-refractivity contribution in [1.29, 1.82) is 0 Å².